The molecule has 0 aliphatic carbocycles. The molecule has 2 aromatic carbocycles. The van der Waals surface area contributed by atoms with Gasteiger partial charge in [0.2, 0.25) is 11.7 Å². The van der Waals surface area contributed by atoms with Gasteiger partial charge in [-0.3, -0.25) is 4.79 Å². The van der Waals surface area contributed by atoms with Crippen LogP contribution in [0, 0.1) is 0 Å². The molecule has 1 amide bonds. The van der Waals surface area contributed by atoms with E-state index >= 15 is 0 Å². The number of tetrazole rings is 1. The van der Waals surface area contributed by atoms with E-state index in [1.165, 1.54) is 4.80 Å². The summed E-state index contributed by atoms with van der Waals surface area (Å²) in [4.78, 5) is 13.7. The van der Waals surface area contributed by atoms with Crippen LogP contribution in [0.3, 0.4) is 0 Å². The number of hydrogen-bond donors (Lipinski definition) is 1. The van der Waals surface area contributed by atoms with E-state index < -0.39 is 9.84 Å². The molecular formula is C20H23N5O3S. The Morgan fingerprint density at radius 3 is 2.38 bits per heavy atom. The predicted octanol–water partition coefficient (Wildman–Crippen LogP) is 2.10. The van der Waals surface area contributed by atoms with Crippen molar-refractivity contribution in [2.45, 2.75) is 30.7 Å². The summed E-state index contributed by atoms with van der Waals surface area (Å²) >= 11 is 0. The molecule has 0 aliphatic rings. The molecule has 0 spiro atoms. The number of carbonyl (C=O) groups excluding carboxylic acids is 1. The van der Waals surface area contributed by atoms with Gasteiger partial charge in [0.1, 0.15) is 0 Å². The summed E-state index contributed by atoms with van der Waals surface area (Å²) in [6.07, 6.45) is 1.25. The molecule has 1 aromatic heterocycles. The van der Waals surface area contributed by atoms with Crippen LogP contribution in [-0.2, 0) is 21.2 Å². The number of nitrogens with zero attached hydrogens (tertiary/aromatic N) is 4. The molecule has 0 atom stereocenters. The Morgan fingerprint density at radius 2 is 1.66 bits per heavy atom. The zero-order chi connectivity index (χ0) is 20.5. The van der Waals surface area contributed by atoms with Gasteiger partial charge in [0.15, 0.2) is 9.84 Å². The van der Waals surface area contributed by atoms with Crippen LogP contribution in [0.2, 0.25) is 0 Å². The van der Waals surface area contributed by atoms with Crippen molar-refractivity contribution in [2.24, 2.45) is 0 Å². The molecule has 0 radical (unpaired) electrons. The molecule has 0 bridgehead atoms. The van der Waals surface area contributed by atoms with E-state index in [-0.39, 0.29) is 11.7 Å². The SMILES string of the molecule is O=C(CCCn1nnc(-c2ccccc2)n1)NCCCS(=O)(=O)c1ccccc1. The highest BCUT2D eigenvalue weighted by Gasteiger charge is 2.13. The van der Waals surface area contributed by atoms with E-state index in [1.54, 1.807) is 30.3 Å². The van der Waals surface area contributed by atoms with Crippen molar-refractivity contribution in [1.29, 1.82) is 0 Å². The number of sulfone groups is 1. The van der Waals surface area contributed by atoms with Crippen molar-refractivity contribution in [1.82, 2.24) is 25.5 Å². The molecule has 9 heteroatoms. The van der Waals surface area contributed by atoms with E-state index in [4.69, 9.17) is 0 Å². The van der Waals surface area contributed by atoms with Crippen LogP contribution in [0.5, 0.6) is 0 Å². The fourth-order valence-electron chi connectivity index (χ4n) is 2.75. The van der Waals surface area contributed by atoms with Gasteiger partial charge in [-0.1, -0.05) is 48.5 Å². The molecule has 3 rings (SSSR count). The summed E-state index contributed by atoms with van der Waals surface area (Å²) in [6.45, 7) is 0.806. The number of benzene rings is 2. The average Bonchev–Trinajstić information content (AvgIpc) is 3.21. The number of rotatable bonds is 10. The summed E-state index contributed by atoms with van der Waals surface area (Å²) < 4.78 is 24.3. The second-order valence-electron chi connectivity index (χ2n) is 6.51. The summed E-state index contributed by atoms with van der Waals surface area (Å²) in [5, 5.41) is 15.1. The second kappa shape index (κ2) is 9.92. The fourth-order valence-corrected chi connectivity index (χ4v) is 4.08. The normalized spacial score (nSPS) is 11.3. The van der Waals surface area contributed by atoms with Crippen molar-refractivity contribution in [3.63, 3.8) is 0 Å². The standard InChI is InChI=1S/C20H23N5O3S/c26-19(21-14-8-16-29(27,28)18-11-5-2-6-12-18)13-7-15-25-23-20(22-24-25)17-9-3-1-4-10-17/h1-6,9-12H,7-8,13-16H2,(H,21,26). The van der Waals surface area contributed by atoms with Crippen LogP contribution in [0.25, 0.3) is 11.4 Å². The van der Waals surface area contributed by atoms with E-state index in [1.807, 2.05) is 30.3 Å². The third kappa shape index (κ3) is 6.21. The fraction of sp³-hybridized carbons (Fsp3) is 0.300. The quantitative estimate of drug-likeness (QED) is 0.510. The van der Waals surface area contributed by atoms with Crippen LogP contribution in [0.15, 0.2) is 65.6 Å². The Balaban J connectivity index is 1.34. The lowest BCUT2D eigenvalue weighted by Gasteiger charge is -2.06. The molecule has 0 aliphatic heterocycles. The smallest absolute Gasteiger partial charge is 0.220 e. The number of hydrogen-bond acceptors (Lipinski definition) is 6. The van der Waals surface area contributed by atoms with Gasteiger partial charge in [-0.25, -0.2) is 8.42 Å². The van der Waals surface area contributed by atoms with Crippen LogP contribution in [-0.4, -0.2) is 46.8 Å². The summed E-state index contributed by atoms with van der Waals surface area (Å²) in [6, 6.07) is 17.9. The lowest BCUT2D eigenvalue weighted by atomic mass is 10.2. The topological polar surface area (TPSA) is 107 Å². The number of carbonyl (C=O) groups is 1. The molecule has 3 aromatic rings. The van der Waals surface area contributed by atoms with Gasteiger partial charge < -0.3 is 5.32 Å². The molecule has 0 unspecified atom stereocenters. The zero-order valence-corrected chi connectivity index (χ0v) is 16.8. The Morgan fingerprint density at radius 1 is 0.966 bits per heavy atom. The lowest BCUT2D eigenvalue weighted by Crippen LogP contribution is -2.26. The van der Waals surface area contributed by atoms with E-state index in [0.29, 0.717) is 43.1 Å². The molecule has 8 nitrogen and oxygen atoms in total. The molecule has 0 saturated heterocycles. The number of aromatic nitrogens is 4. The van der Waals surface area contributed by atoms with Crippen LogP contribution < -0.4 is 5.32 Å². The van der Waals surface area contributed by atoms with Crippen molar-refractivity contribution in [3.05, 3.63) is 60.7 Å². The second-order valence-corrected chi connectivity index (χ2v) is 8.62. The number of aryl methyl sites for hydroxylation is 1. The molecule has 1 N–H and O–H groups in total. The Hall–Kier alpha value is -3.07. The van der Waals surface area contributed by atoms with Crippen molar-refractivity contribution < 1.29 is 13.2 Å². The predicted molar refractivity (Wildman–Crippen MR) is 109 cm³/mol. The Kier molecular flexibility index (Phi) is 7.07. The van der Waals surface area contributed by atoms with Crippen molar-refractivity contribution in [3.8, 4) is 11.4 Å². The Labute approximate surface area is 169 Å². The van der Waals surface area contributed by atoms with Gasteiger partial charge >= 0.3 is 0 Å². The third-order valence-electron chi connectivity index (χ3n) is 4.26. The molecule has 152 valence electrons. The first kappa shape index (κ1) is 20.7. The van der Waals surface area contributed by atoms with Gasteiger partial charge in [0.05, 0.1) is 17.2 Å². The van der Waals surface area contributed by atoms with E-state index in [2.05, 4.69) is 20.7 Å². The lowest BCUT2D eigenvalue weighted by molar-refractivity contribution is -0.121. The molecular weight excluding hydrogens is 390 g/mol. The van der Waals surface area contributed by atoms with E-state index in [0.717, 1.165) is 5.56 Å². The maximum Gasteiger partial charge on any atom is 0.220 e. The highest BCUT2D eigenvalue weighted by Crippen LogP contribution is 2.12. The van der Waals surface area contributed by atoms with Gasteiger partial charge in [-0.2, -0.15) is 4.80 Å². The highest BCUT2D eigenvalue weighted by molar-refractivity contribution is 7.91. The largest absolute Gasteiger partial charge is 0.356 e. The first-order chi connectivity index (χ1) is 14.0. The van der Waals surface area contributed by atoms with Gasteiger partial charge in [-0.05, 0) is 30.2 Å². The van der Waals surface area contributed by atoms with Gasteiger partial charge in [-0.15, -0.1) is 10.2 Å². The van der Waals surface area contributed by atoms with Crippen LogP contribution in [0.4, 0.5) is 0 Å². The van der Waals surface area contributed by atoms with E-state index in [9.17, 15) is 13.2 Å². The number of nitrogens with one attached hydrogen (secondary N) is 1. The highest BCUT2D eigenvalue weighted by atomic mass is 32.2. The first-order valence-corrected chi connectivity index (χ1v) is 11.1. The summed E-state index contributed by atoms with van der Waals surface area (Å²) in [5.74, 6) is 0.433. The van der Waals surface area contributed by atoms with Crippen molar-refractivity contribution in [2.75, 3.05) is 12.3 Å². The maximum atomic E-state index is 12.2. The Bertz CT molecular complexity index is 1020. The zero-order valence-electron chi connectivity index (χ0n) is 15.9. The minimum atomic E-state index is -3.31. The third-order valence-corrected chi connectivity index (χ3v) is 6.08. The van der Waals surface area contributed by atoms with Gasteiger partial charge in [0, 0.05) is 18.5 Å². The average molecular weight is 414 g/mol. The summed E-state index contributed by atoms with van der Waals surface area (Å²) in [5.41, 5.74) is 0.891. The molecule has 29 heavy (non-hydrogen) atoms. The van der Waals surface area contributed by atoms with Crippen molar-refractivity contribution >= 4 is 15.7 Å². The first-order valence-electron chi connectivity index (χ1n) is 9.42. The summed E-state index contributed by atoms with van der Waals surface area (Å²) in [7, 11) is -3.31. The minimum absolute atomic E-state index is 0.00241. The molecule has 0 saturated carbocycles. The minimum Gasteiger partial charge on any atom is -0.356 e. The van der Waals surface area contributed by atoms with Crippen LogP contribution in [0.1, 0.15) is 19.3 Å². The van der Waals surface area contributed by atoms with Crippen LogP contribution >= 0.6 is 0 Å². The molecule has 1 heterocycles. The monoisotopic (exact) mass is 413 g/mol. The molecule has 0 fully saturated rings. The van der Waals surface area contributed by atoms with Gasteiger partial charge in [0.25, 0.3) is 0 Å². The number of amides is 1. The maximum absolute atomic E-state index is 12.2.